The van der Waals surface area contributed by atoms with Gasteiger partial charge in [0.15, 0.2) is 0 Å². The number of aryl methyl sites for hydroxylation is 1. The highest BCUT2D eigenvalue weighted by atomic mass is 19.4. The third-order valence-electron chi connectivity index (χ3n) is 5.04. The molecule has 3 rings (SSSR count). The number of carbonyl (C=O) groups excluding carboxylic acids is 2. The lowest BCUT2D eigenvalue weighted by Crippen LogP contribution is -2.45. The number of methoxy groups -OCH3 is 1. The first-order chi connectivity index (χ1) is 15.9. The van der Waals surface area contributed by atoms with E-state index in [4.69, 9.17) is 10.5 Å². The third kappa shape index (κ3) is 4.92. The first-order valence-electron chi connectivity index (χ1n) is 9.84. The number of benzene rings is 1. The molecule has 0 fully saturated rings. The predicted octanol–water partition coefficient (Wildman–Crippen LogP) is 1.03. The number of halogens is 3. The summed E-state index contributed by atoms with van der Waals surface area (Å²) in [4.78, 5) is 54.6. The van der Waals surface area contributed by atoms with Crippen LogP contribution in [-0.4, -0.2) is 39.6 Å². The Hall–Kier alpha value is -4.16. The Labute approximate surface area is 190 Å². The molecule has 2 heterocycles. The lowest BCUT2D eigenvalue weighted by molar-refractivity contribution is -0.141. The fraction of sp³-hybridized carbons (Fsp3) is 0.286. The number of hydrogen-bond acceptors (Lipinski definition) is 6. The van der Waals surface area contributed by atoms with Crippen molar-refractivity contribution in [1.29, 1.82) is 0 Å². The molecule has 0 spiro atoms. The summed E-state index contributed by atoms with van der Waals surface area (Å²) in [7, 11) is 2.60. The first-order valence-corrected chi connectivity index (χ1v) is 9.84. The van der Waals surface area contributed by atoms with Crippen LogP contribution in [0.5, 0.6) is 5.75 Å². The fourth-order valence-electron chi connectivity index (χ4n) is 3.27. The van der Waals surface area contributed by atoms with Crippen LogP contribution in [0.15, 0.2) is 46.0 Å². The smallest absolute Gasteiger partial charge is 0.433 e. The van der Waals surface area contributed by atoms with Crippen molar-refractivity contribution in [1.82, 2.24) is 14.1 Å². The van der Waals surface area contributed by atoms with E-state index < -0.39 is 47.1 Å². The second-order valence-corrected chi connectivity index (χ2v) is 7.26. The molecule has 0 aliphatic carbocycles. The van der Waals surface area contributed by atoms with E-state index in [9.17, 15) is 32.3 Å². The van der Waals surface area contributed by atoms with E-state index >= 15 is 0 Å². The lowest BCUT2D eigenvalue weighted by Gasteiger charge is -2.23. The highest BCUT2D eigenvalue weighted by Gasteiger charge is 2.33. The lowest BCUT2D eigenvalue weighted by atomic mass is 10.2. The fourth-order valence-corrected chi connectivity index (χ4v) is 3.27. The van der Waals surface area contributed by atoms with E-state index in [0.717, 1.165) is 17.7 Å². The highest BCUT2D eigenvalue weighted by Crippen LogP contribution is 2.28. The van der Waals surface area contributed by atoms with Crippen LogP contribution in [-0.2, 0) is 29.4 Å². The molecule has 10 nitrogen and oxygen atoms in total. The van der Waals surface area contributed by atoms with Crippen LogP contribution in [0.4, 0.5) is 18.9 Å². The molecule has 0 atom stereocenters. The third-order valence-corrected chi connectivity index (χ3v) is 5.04. The molecule has 180 valence electrons. The van der Waals surface area contributed by atoms with E-state index in [1.807, 2.05) is 0 Å². The van der Waals surface area contributed by atoms with Gasteiger partial charge in [-0.25, -0.2) is 9.78 Å². The summed E-state index contributed by atoms with van der Waals surface area (Å²) in [5.74, 6) is -0.877. The zero-order chi connectivity index (χ0) is 25.2. The number of hydrogen-bond donors (Lipinski definition) is 1. The number of nitrogens with two attached hydrogens (primary N) is 1. The number of aromatic nitrogens is 3. The van der Waals surface area contributed by atoms with Crippen LogP contribution in [0.2, 0.25) is 0 Å². The van der Waals surface area contributed by atoms with E-state index in [-0.39, 0.29) is 18.4 Å². The Morgan fingerprint density at radius 1 is 1.12 bits per heavy atom. The van der Waals surface area contributed by atoms with Gasteiger partial charge in [-0.05, 0) is 36.4 Å². The largest absolute Gasteiger partial charge is 0.497 e. The maximum absolute atomic E-state index is 13.1. The number of primary amides is 1. The summed E-state index contributed by atoms with van der Waals surface area (Å²) >= 11 is 0. The summed E-state index contributed by atoms with van der Waals surface area (Å²) in [6.45, 7) is -0.854. The Morgan fingerprint density at radius 3 is 2.32 bits per heavy atom. The molecule has 0 saturated carbocycles. The minimum absolute atomic E-state index is 0.125. The minimum atomic E-state index is -4.77. The van der Waals surface area contributed by atoms with Gasteiger partial charge in [0, 0.05) is 25.7 Å². The number of fused-ring (bicyclic) bond motifs is 1. The number of amides is 2. The molecule has 0 radical (unpaired) electrons. The zero-order valence-electron chi connectivity index (χ0n) is 18.1. The van der Waals surface area contributed by atoms with Crippen LogP contribution in [0.1, 0.15) is 12.1 Å². The van der Waals surface area contributed by atoms with E-state index in [1.54, 1.807) is 24.3 Å². The molecule has 0 aliphatic rings. The number of anilines is 1. The van der Waals surface area contributed by atoms with Gasteiger partial charge in [0.05, 0.1) is 12.5 Å². The summed E-state index contributed by atoms with van der Waals surface area (Å²) in [5, 5.41) is -0.268. The number of nitrogens with zero attached hydrogens (tertiary/aromatic N) is 4. The standard InChI is InChI=1S/C21H20F3N5O5/c1-27-18-14(7-8-15(26-18)21(22,23)24)19(32)29(20(27)33)11-17(31)28(10-9-16(25)30)12-3-5-13(34-2)6-4-12/h3-8H,9-11H2,1-2H3,(H2,25,30). The maximum Gasteiger partial charge on any atom is 0.433 e. The quantitative estimate of drug-likeness (QED) is 0.539. The average Bonchev–Trinajstić information content (AvgIpc) is 2.79. The Kier molecular flexibility index (Phi) is 6.75. The van der Waals surface area contributed by atoms with Crippen molar-refractivity contribution in [2.75, 3.05) is 18.6 Å². The molecule has 0 aliphatic heterocycles. The van der Waals surface area contributed by atoms with Crippen molar-refractivity contribution in [3.8, 4) is 5.75 Å². The van der Waals surface area contributed by atoms with Crippen molar-refractivity contribution in [3.05, 3.63) is 62.9 Å². The van der Waals surface area contributed by atoms with Crippen molar-refractivity contribution in [2.24, 2.45) is 12.8 Å². The molecule has 2 N–H and O–H groups in total. The summed E-state index contributed by atoms with van der Waals surface area (Å²) in [6, 6.07) is 7.76. The zero-order valence-corrected chi connectivity index (χ0v) is 18.1. The number of pyridine rings is 1. The predicted molar refractivity (Wildman–Crippen MR) is 115 cm³/mol. The normalized spacial score (nSPS) is 11.4. The van der Waals surface area contributed by atoms with Crippen molar-refractivity contribution >= 4 is 28.5 Å². The molecule has 0 unspecified atom stereocenters. The number of ether oxygens (including phenoxy) is 1. The van der Waals surface area contributed by atoms with Crippen LogP contribution in [0.3, 0.4) is 0 Å². The van der Waals surface area contributed by atoms with Gasteiger partial charge in [-0.2, -0.15) is 13.2 Å². The molecule has 34 heavy (non-hydrogen) atoms. The van der Waals surface area contributed by atoms with E-state index in [0.29, 0.717) is 22.1 Å². The molecular formula is C21H20F3N5O5. The molecule has 3 aromatic rings. The molecule has 1 aromatic carbocycles. The van der Waals surface area contributed by atoms with Crippen LogP contribution in [0, 0.1) is 0 Å². The van der Waals surface area contributed by atoms with Gasteiger partial charge >= 0.3 is 11.9 Å². The van der Waals surface area contributed by atoms with Gasteiger partial charge in [-0.1, -0.05) is 0 Å². The van der Waals surface area contributed by atoms with Crippen LogP contribution >= 0.6 is 0 Å². The second-order valence-electron chi connectivity index (χ2n) is 7.26. The first kappa shape index (κ1) is 24.5. The van der Waals surface area contributed by atoms with Gasteiger partial charge < -0.3 is 15.4 Å². The Bertz CT molecular complexity index is 1360. The topological polar surface area (TPSA) is 130 Å². The van der Waals surface area contributed by atoms with Crippen molar-refractivity contribution < 1.29 is 27.5 Å². The van der Waals surface area contributed by atoms with Crippen molar-refractivity contribution in [3.63, 3.8) is 0 Å². The Morgan fingerprint density at radius 2 is 1.76 bits per heavy atom. The van der Waals surface area contributed by atoms with E-state index in [1.165, 1.54) is 12.0 Å². The molecule has 2 aromatic heterocycles. The Balaban J connectivity index is 2.04. The van der Waals surface area contributed by atoms with Gasteiger partial charge in [0.2, 0.25) is 11.8 Å². The maximum atomic E-state index is 13.1. The molecule has 0 bridgehead atoms. The summed E-state index contributed by atoms with van der Waals surface area (Å²) in [6.07, 6.45) is -4.96. The second kappa shape index (κ2) is 9.37. The molecule has 0 saturated heterocycles. The number of alkyl halides is 3. The monoisotopic (exact) mass is 479 g/mol. The molecular weight excluding hydrogens is 459 g/mol. The van der Waals surface area contributed by atoms with Gasteiger partial charge in [0.1, 0.15) is 23.6 Å². The number of rotatable bonds is 7. The highest BCUT2D eigenvalue weighted by molar-refractivity contribution is 5.94. The summed E-state index contributed by atoms with van der Waals surface area (Å²) < 4.78 is 45.4. The van der Waals surface area contributed by atoms with Crippen molar-refractivity contribution in [2.45, 2.75) is 19.1 Å². The minimum Gasteiger partial charge on any atom is -0.497 e. The van der Waals surface area contributed by atoms with E-state index in [2.05, 4.69) is 4.98 Å². The average molecular weight is 479 g/mol. The molecule has 13 heteroatoms. The van der Waals surface area contributed by atoms with Crippen LogP contribution < -0.4 is 26.6 Å². The van der Waals surface area contributed by atoms with Gasteiger partial charge in [-0.15, -0.1) is 0 Å². The molecule has 2 amide bonds. The van der Waals surface area contributed by atoms with Gasteiger partial charge in [-0.3, -0.25) is 23.5 Å². The van der Waals surface area contributed by atoms with Gasteiger partial charge in [0.25, 0.3) is 5.56 Å². The summed E-state index contributed by atoms with van der Waals surface area (Å²) in [5.41, 5.74) is 1.83. The number of carbonyl (C=O) groups is 2. The van der Waals surface area contributed by atoms with Crippen LogP contribution in [0.25, 0.3) is 11.0 Å². The SMILES string of the molecule is COc1ccc(N(CCC(N)=O)C(=O)Cn2c(=O)c3ccc(C(F)(F)F)nc3n(C)c2=O)cc1.